The fourth-order valence-electron chi connectivity index (χ4n) is 2.47. The van der Waals surface area contributed by atoms with Crippen molar-refractivity contribution in [3.63, 3.8) is 0 Å². The zero-order chi connectivity index (χ0) is 18.4. The van der Waals surface area contributed by atoms with E-state index in [0.717, 1.165) is 29.7 Å². The van der Waals surface area contributed by atoms with Gasteiger partial charge < -0.3 is 5.32 Å². The van der Waals surface area contributed by atoms with Crippen LogP contribution in [0.15, 0.2) is 42.5 Å². The molecule has 0 spiro atoms. The number of benzene rings is 2. The SMILES string of the molecule is Cc1c(NS(C)(=O)=O)cccc1C(=O)NCCCc1ccccc1Cl. The maximum atomic E-state index is 12.3. The Hall–Kier alpha value is -2.05. The Morgan fingerprint density at radius 2 is 1.84 bits per heavy atom. The molecule has 1 amide bonds. The van der Waals surface area contributed by atoms with E-state index < -0.39 is 10.0 Å². The normalized spacial score (nSPS) is 11.2. The average Bonchev–Trinajstić information content (AvgIpc) is 2.53. The van der Waals surface area contributed by atoms with Gasteiger partial charge in [0.1, 0.15) is 0 Å². The molecule has 0 radical (unpaired) electrons. The summed E-state index contributed by atoms with van der Waals surface area (Å²) in [6.07, 6.45) is 2.61. The lowest BCUT2D eigenvalue weighted by Crippen LogP contribution is -2.26. The molecule has 7 heteroatoms. The third kappa shape index (κ3) is 5.76. The minimum Gasteiger partial charge on any atom is -0.352 e. The quantitative estimate of drug-likeness (QED) is 0.723. The number of rotatable bonds is 7. The van der Waals surface area contributed by atoms with Crippen LogP contribution in [0.25, 0.3) is 0 Å². The van der Waals surface area contributed by atoms with Crippen LogP contribution in [0.2, 0.25) is 5.02 Å². The van der Waals surface area contributed by atoms with Gasteiger partial charge in [0.05, 0.1) is 11.9 Å². The number of anilines is 1. The zero-order valence-electron chi connectivity index (χ0n) is 14.2. The first-order chi connectivity index (χ1) is 11.8. The lowest BCUT2D eigenvalue weighted by atomic mass is 10.1. The Bertz CT molecular complexity index is 866. The molecule has 0 aliphatic rings. The molecule has 0 saturated carbocycles. The number of nitrogens with one attached hydrogen (secondary N) is 2. The molecule has 5 nitrogen and oxygen atoms in total. The molecule has 0 heterocycles. The number of carbonyl (C=O) groups excluding carboxylic acids is 1. The van der Waals surface area contributed by atoms with Crippen LogP contribution in [0.5, 0.6) is 0 Å². The van der Waals surface area contributed by atoms with Gasteiger partial charge in [-0.15, -0.1) is 0 Å². The van der Waals surface area contributed by atoms with Crippen LogP contribution in [0.4, 0.5) is 5.69 Å². The lowest BCUT2D eigenvalue weighted by Gasteiger charge is -2.12. The lowest BCUT2D eigenvalue weighted by molar-refractivity contribution is 0.0952. The maximum Gasteiger partial charge on any atom is 0.251 e. The number of hydrogen-bond acceptors (Lipinski definition) is 3. The second-order valence-corrected chi connectivity index (χ2v) is 7.96. The van der Waals surface area contributed by atoms with Gasteiger partial charge in [-0.2, -0.15) is 0 Å². The summed E-state index contributed by atoms with van der Waals surface area (Å²) >= 11 is 6.11. The first kappa shape index (κ1) is 19.3. The molecular weight excluding hydrogens is 360 g/mol. The Kier molecular flexibility index (Phi) is 6.45. The van der Waals surface area contributed by atoms with Gasteiger partial charge in [0.2, 0.25) is 10.0 Å². The molecule has 0 aromatic heterocycles. The number of aryl methyl sites for hydroxylation is 1. The maximum absolute atomic E-state index is 12.3. The molecule has 2 aromatic carbocycles. The Morgan fingerprint density at radius 1 is 1.12 bits per heavy atom. The number of carbonyl (C=O) groups is 1. The van der Waals surface area contributed by atoms with Crippen molar-refractivity contribution in [1.29, 1.82) is 0 Å². The van der Waals surface area contributed by atoms with Crippen LogP contribution in [0, 0.1) is 6.92 Å². The Morgan fingerprint density at radius 3 is 2.52 bits per heavy atom. The number of sulfonamides is 1. The van der Waals surface area contributed by atoms with Gasteiger partial charge in [0.25, 0.3) is 5.91 Å². The van der Waals surface area contributed by atoms with E-state index in [1.54, 1.807) is 25.1 Å². The first-order valence-electron chi connectivity index (χ1n) is 7.87. The molecule has 0 aliphatic heterocycles. The van der Waals surface area contributed by atoms with Gasteiger partial charge in [-0.25, -0.2) is 8.42 Å². The summed E-state index contributed by atoms with van der Waals surface area (Å²) in [6, 6.07) is 12.6. The summed E-state index contributed by atoms with van der Waals surface area (Å²) in [5.41, 5.74) is 2.50. The predicted molar refractivity (Wildman–Crippen MR) is 102 cm³/mol. The number of hydrogen-bond donors (Lipinski definition) is 2. The van der Waals surface area contributed by atoms with E-state index in [-0.39, 0.29) is 5.91 Å². The highest BCUT2D eigenvalue weighted by Crippen LogP contribution is 2.20. The van der Waals surface area contributed by atoms with Crippen molar-refractivity contribution in [2.45, 2.75) is 19.8 Å². The highest BCUT2D eigenvalue weighted by Gasteiger charge is 2.13. The Balaban J connectivity index is 1.95. The fraction of sp³-hybridized carbons (Fsp3) is 0.278. The van der Waals surface area contributed by atoms with E-state index in [4.69, 9.17) is 11.6 Å². The molecule has 134 valence electrons. The van der Waals surface area contributed by atoms with Crippen LogP contribution < -0.4 is 10.0 Å². The summed E-state index contributed by atoms with van der Waals surface area (Å²) in [5, 5.41) is 3.59. The van der Waals surface area contributed by atoms with Crippen LogP contribution in [-0.4, -0.2) is 27.1 Å². The highest BCUT2D eigenvalue weighted by molar-refractivity contribution is 7.92. The molecule has 0 bridgehead atoms. The summed E-state index contributed by atoms with van der Waals surface area (Å²) in [6.45, 7) is 2.22. The van der Waals surface area contributed by atoms with Gasteiger partial charge >= 0.3 is 0 Å². The van der Waals surface area contributed by atoms with Crippen LogP contribution >= 0.6 is 11.6 Å². The van der Waals surface area contributed by atoms with Crippen molar-refractivity contribution in [1.82, 2.24) is 5.32 Å². The molecule has 25 heavy (non-hydrogen) atoms. The zero-order valence-corrected chi connectivity index (χ0v) is 15.7. The van der Waals surface area contributed by atoms with Gasteiger partial charge in [-0.05, 0) is 49.1 Å². The third-order valence-electron chi connectivity index (χ3n) is 3.74. The highest BCUT2D eigenvalue weighted by atomic mass is 35.5. The van der Waals surface area contributed by atoms with E-state index in [1.807, 2.05) is 24.3 Å². The molecule has 2 aromatic rings. The third-order valence-corrected chi connectivity index (χ3v) is 4.70. The van der Waals surface area contributed by atoms with Crippen molar-refractivity contribution < 1.29 is 13.2 Å². The van der Waals surface area contributed by atoms with Crippen LogP contribution in [0.1, 0.15) is 27.9 Å². The number of amides is 1. The van der Waals surface area contributed by atoms with Crippen molar-refractivity contribution in [3.05, 3.63) is 64.2 Å². The van der Waals surface area contributed by atoms with Crippen molar-refractivity contribution in [2.75, 3.05) is 17.5 Å². The predicted octanol–water partition coefficient (Wildman–Crippen LogP) is 3.38. The fourth-order valence-corrected chi connectivity index (χ4v) is 3.32. The second kappa shape index (κ2) is 8.36. The van der Waals surface area contributed by atoms with Crippen molar-refractivity contribution in [3.8, 4) is 0 Å². The summed E-state index contributed by atoms with van der Waals surface area (Å²) < 4.78 is 25.2. The topological polar surface area (TPSA) is 75.3 Å². The average molecular weight is 381 g/mol. The smallest absolute Gasteiger partial charge is 0.251 e. The minimum absolute atomic E-state index is 0.228. The molecule has 0 aliphatic carbocycles. The van der Waals surface area contributed by atoms with Gasteiger partial charge in [-0.3, -0.25) is 9.52 Å². The molecular formula is C18H21ClN2O3S. The minimum atomic E-state index is -3.39. The molecule has 2 N–H and O–H groups in total. The van der Waals surface area contributed by atoms with E-state index in [0.29, 0.717) is 23.4 Å². The largest absolute Gasteiger partial charge is 0.352 e. The van der Waals surface area contributed by atoms with E-state index >= 15 is 0 Å². The van der Waals surface area contributed by atoms with E-state index in [2.05, 4.69) is 10.0 Å². The van der Waals surface area contributed by atoms with Crippen LogP contribution in [-0.2, 0) is 16.4 Å². The molecule has 0 atom stereocenters. The van der Waals surface area contributed by atoms with Crippen molar-refractivity contribution >= 4 is 33.2 Å². The molecule has 2 rings (SSSR count). The standard InChI is InChI=1S/C18H21ClN2O3S/c1-13-15(9-5-11-17(13)21-25(2,23)24)18(22)20-12-6-8-14-7-3-4-10-16(14)19/h3-5,7,9-11,21H,6,8,12H2,1-2H3,(H,20,22). The van der Waals surface area contributed by atoms with Gasteiger partial charge in [-0.1, -0.05) is 35.9 Å². The Labute approximate surface area is 153 Å². The molecule has 0 saturated heterocycles. The number of halogens is 1. The molecule has 0 unspecified atom stereocenters. The van der Waals surface area contributed by atoms with Gasteiger partial charge in [0.15, 0.2) is 0 Å². The second-order valence-electron chi connectivity index (χ2n) is 5.80. The first-order valence-corrected chi connectivity index (χ1v) is 10.1. The van der Waals surface area contributed by atoms with Gasteiger partial charge in [0, 0.05) is 17.1 Å². The van der Waals surface area contributed by atoms with Crippen molar-refractivity contribution in [2.24, 2.45) is 0 Å². The monoisotopic (exact) mass is 380 g/mol. The summed E-state index contributed by atoms with van der Waals surface area (Å²) in [7, 11) is -3.39. The van der Waals surface area contributed by atoms with E-state index in [1.165, 1.54) is 0 Å². The van der Waals surface area contributed by atoms with E-state index in [9.17, 15) is 13.2 Å². The summed E-state index contributed by atoms with van der Waals surface area (Å²) in [4.78, 5) is 12.3. The van der Waals surface area contributed by atoms with Crippen LogP contribution in [0.3, 0.4) is 0 Å². The molecule has 0 fully saturated rings. The summed E-state index contributed by atoms with van der Waals surface area (Å²) in [5.74, 6) is -0.228.